The standard InChI is InChI=1S/C14H14O3S.CH4/c1-11-3-7-13(8-4-11)17-18(15,16)14-9-5-12(2)6-10-14;/h3-10H,1-2H3;1H4. The fourth-order valence-electron chi connectivity index (χ4n) is 1.47. The molecule has 0 unspecified atom stereocenters. The molecule has 0 aromatic heterocycles. The van der Waals surface area contributed by atoms with Crippen LogP contribution in [0.2, 0.25) is 0 Å². The van der Waals surface area contributed by atoms with Crippen LogP contribution in [0.1, 0.15) is 18.6 Å². The van der Waals surface area contributed by atoms with Crippen LogP contribution >= 0.6 is 0 Å². The minimum Gasteiger partial charge on any atom is -0.379 e. The van der Waals surface area contributed by atoms with Crippen molar-refractivity contribution in [2.24, 2.45) is 0 Å². The van der Waals surface area contributed by atoms with Crippen LogP contribution in [0.3, 0.4) is 0 Å². The van der Waals surface area contributed by atoms with Gasteiger partial charge >= 0.3 is 10.1 Å². The molecule has 0 N–H and O–H groups in total. The zero-order valence-electron chi connectivity index (χ0n) is 10.3. The lowest BCUT2D eigenvalue weighted by Gasteiger charge is -2.07. The van der Waals surface area contributed by atoms with E-state index in [0.29, 0.717) is 5.75 Å². The van der Waals surface area contributed by atoms with E-state index in [1.807, 2.05) is 13.8 Å². The van der Waals surface area contributed by atoms with Gasteiger partial charge in [0.1, 0.15) is 10.6 Å². The zero-order chi connectivity index (χ0) is 13.2. The number of aryl methyl sites for hydroxylation is 2. The molecule has 0 heterocycles. The van der Waals surface area contributed by atoms with E-state index in [4.69, 9.17) is 4.18 Å². The normalized spacial score (nSPS) is 10.6. The Morgan fingerprint density at radius 3 is 1.68 bits per heavy atom. The van der Waals surface area contributed by atoms with E-state index in [1.54, 1.807) is 48.5 Å². The zero-order valence-corrected chi connectivity index (χ0v) is 11.1. The van der Waals surface area contributed by atoms with Crippen LogP contribution < -0.4 is 4.18 Å². The van der Waals surface area contributed by atoms with Gasteiger partial charge in [-0.15, -0.1) is 0 Å². The summed E-state index contributed by atoms with van der Waals surface area (Å²) < 4.78 is 29.0. The SMILES string of the molecule is C.Cc1ccc(OS(=O)(=O)c2ccc(C)cc2)cc1. The maximum absolute atomic E-state index is 12.0. The lowest BCUT2D eigenvalue weighted by atomic mass is 10.2. The fraction of sp³-hybridized carbons (Fsp3) is 0.200. The molecule has 0 saturated carbocycles. The molecule has 0 amide bonds. The lowest BCUT2D eigenvalue weighted by Crippen LogP contribution is -2.09. The van der Waals surface area contributed by atoms with Gasteiger partial charge in [0.15, 0.2) is 0 Å². The van der Waals surface area contributed by atoms with Gasteiger partial charge in [-0.3, -0.25) is 0 Å². The molecule has 0 radical (unpaired) electrons. The Balaban J connectivity index is 0.00000180. The molecule has 0 atom stereocenters. The third kappa shape index (κ3) is 3.83. The first-order valence-corrected chi connectivity index (χ1v) is 6.96. The molecule has 0 bridgehead atoms. The minimum absolute atomic E-state index is 0. The number of rotatable bonds is 3. The summed E-state index contributed by atoms with van der Waals surface area (Å²) in [6, 6.07) is 13.5. The van der Waals surface area contributed by atoms with Gasteiger partial charge < -0.3 is 4.18 Å². The second-order valence-corrected chi connectivity index (χ2v) is 5.71. The Morgan fingerprint density at radius 1 is 0.789 bits per heavy atom. The highest BCUT2D eigenvalue weighted by Crippen LogP contribution is 2.19. The fourth-order valence-corrected chi connectivity index (χ4v) is 2.40. The van der Waals surface area contributed by atoms with Gasteiger partial charge in [-0.05, 0) is 38.1 Å². The quantitative estimate of drug-likeness (QED) is 0.804. The van der Waals surface area contributed by atoms with E-state index in [2.05, 4.69) is 0 Å². The van der Waals surface area contributed by atoms with Crippen molar-refractivity contribution >= 4 is 10.1 Å². The maximum atomic E-state index is 12.0. The molecular formula is C15H18O3S. The summed E-state index contributed by atoms with van der Waals surface area (Å²) in [5.74, 6) is 0.321. The van der Waals surface area contributed by atoms with Crippen molar-refractivity contribution in [3.8, 4) is 5.75 Å². The first kappa shape index (κ1) is 15.2. The molecule has 0 fully saturated rings. The monoisotopic (exact) mass is 278 g/mol. The molecule has 4 heteroatoms. The minimum atomic E-state index is -3.74. The summed E-state index contributed by atoms with van der Waals surface area (Å²) >= 11 is 0. The van der Waals surface area contributed by atoms with Crippen molar-refractivity contribution in [2.75, 3.05) is 0 Å². The van der Waals surface area contributed by atoms with Crippen molar-refractivity contribution in [3.05, 3.63) is 59.7 Å². The predicted molar refractivity (Wildman–Crippen MR) is 76.9 cm³/mol. The number of benzene rings is 2. The van der Waals surface area contributed by atoms with Crippen LogP contribution in [0.15, 0.2) is 53.4 Å². The van der Waals surface area contributed by atoms with Crippen LogP contribution in [0.25, 0.3) is 0 Å². The van der Waals surface area contributed by atoms with Crippen molar-refractivity contribution in [2.45, 2.75) is 26.2 Å². The van der Waals surface area contributed by atoms with E-state index in [-0.39, 0.29) is 12.3 Å². The Labute approximate surface area is 115 Å². The average Bonchev–Trinajstić information content (AvgIpc) is 2.32. The molecule has 19 heavy (non-hydrogen) atoms. The number of hydrogen-bond donors (Lipinski definition) is 0. The van der Waals surface area contributed by atoms with E-state index >= 15 is 0 Å². The molecule has 0 spiro atoms. The second-order valence-electron chi connectivity index (χ2n) is 4.16. The molecule has 2 aromatic carbocycles. The summed E-state index contributed by atoms with van der Waals surface area (Å²) in [5.41, 5.74) is 2.05. The molecule has 0 aliphatic rings. The van der Waals surface area contributed by atoms with Gasteiger partial charge in [0.2, 0.25) is 0 Å². The average molecular weight is 278 g/mol. The van der Waals surface area contributed by atoms with Crippen molar-refractivity contribution in [3.63, 3.8) is 0 Å². The molecule has 2 rings (SSSR count). The molecule has 0 aliphatic carbocycles. The van der Waals surface area contributed by atoms with Gasteiger partial charge in [-0.25, -0.2) is 0 Å². The predicted octanol–water partition coefficient (Wildman–Crippen LogP) is 3.71. The Hall–Kier alpha value is -1.81. The van der Waals surface area contributed by atoms with Gasteiger partial charge in [0, 0.05) is 0 Å². The number of hydrogen-bond acceptors (Lipinski definition) is 3. The topological polar surface area (TPSA) is 43.4 Å². The van der Waals surface area contributed by atoms with E-state index in [1.165, 1.54) is 0 Å². The van der Waals surface area contributed by atoms with Gasteiger partial charge in [0.25, 0.3) is 0 Å². The van der Waals surface area contributed by atoms with Crippen LogP contribution in [0, 0.1) is 13.8 Å². The molecule has 0 aliphatic heterocycles. The molecule has 102 valence electrons. The Morgan fingerprint density at radius 2 is 1.21 bits per heavy atom. The summed E-state index contributed by atoms with van der Waals surface area (Å²) in [7, 11) is -3.74. The van der Waals surface area contributed by atoms with E-state index in [0.717, 1.165) is 11.1 Å². The third-order valence-corrected chi connectivity index (χ3v) is 3.80. The second kappa shape index (κ2) is 5.89. The van der Waals surface area contributed by atoms with Crippen LogP contribution in [0.4, 0.5) is 0 Å². The highest BCUT2D eigenvalue weighted by Gasteiger charge is 2.15. The third-order valence-electron chi connectivity index (χ3n) is 2.54. The lowest BCUT2D eigenvalue weighted by molar-refractivity contribution is 0.486. The first-order valence-electron chi connectivity index (χ1n) is 5.55. The van der Waals surface area contributed by atoms with Crippen molar-refractivity contribution < 1.29 is 12.6 Å². The maximum Gasteiger partial charge on any atom is 0.339 e. The summed E-state index contributed by atoms with van der Waals surface area (Å²) in [6.45, 7) is 3.83. The van der Waals surface area contributed by atoms with Crippen LogP contribution in [-0.4, -0.2) is 8.42 Å². The molecule has 3 nitrogen and oxygen atoms in total. The van der Waals surface area contributed by atoms with Crippen LogP contribution in [-0.2, 0) is 10.1 Å². The van der Waals surface area contributed by atoms with E-state index < -0.39 is 10.1 Å². The van der Waals surface area contributed by atoms with Crippen LogP contribution in [0.5, 0.6) is 5.75 Å². The van der Waals surface area contributed by atoms with Crippen molar-refractivity contribution in [1.82, 2.24) is 0 Å². The Kier molecular flexibility index (Phi) is 4.72. The van der Waals surface area contributed by atoms with Gasteiger partial charge in [-0.2, -0.15) is 8.42 Å². The van der Waals surface area contributed by atoms with Gasteiger partial charge in [-0.1, -0.05) is 42.8 Å². The summed E-state index contributed by atoms with van der Waals surface area (Å²) in [5, 5.41) is 0. The molecular weight excluding hydrogens is 260 g/mol. The smallest absolute Gasteiger partial charge is 0.339 e. The molecule has 0 saturated heterocycles. The molecule has 2 aromatic rings. The largest absolute Gasteiger partial charge is 0.379 e. The Bertz CT molecular complexity index is 626. The first-order chi connectivity index (χ1) is 8.47. The van der Waals surface area contributed by atoms with Gasteiger partial charge in [0.05, 0.1) is 0 Å². The van der Waals surface area contributed by atoms with Crippen molar-refractivity contribution in [1.29, 1.82) is 0 Å². The highest BCUT2D eigenvalue weighted by molar-refractivity contribution is 7.87. The summed E-state index contributed by atoms with van der Waals surface area (Å²) in [6.07, 6.45) is 0. The summed E-state index contributed by atoms with van der Waals surface area (Å²) in [4.78, 5) is 0.161. The van der Waals surface area contributed by atoms with E-state index in [9.17, 15) is 8.42 Å². The highest BCUT2D eigenvalue weighted by atomic mass is 32.2.